The molecule has 1 aromatic carbocycles. The van der Waals surface area contributed by atoms with Gasteiger partial charge in [-0.3, -0.25) is 0 Å². The molecule has 0 saturated heterocycles. The van der Waals surface area contributed by atoms with E-state index in [9.17, 15) is 4.79 Å². The maximum absolute atomic E-state index is 11.0. The number of ether oxygens (including phenoxy) is 1. The van der Waals surface area contributed by atoms with Gasteiger partial charge in [-0.1, -0.05) is 30.1 Å². The largest absolute Gasteiger partial charge is 0.479 e. The highest BCUT2D eigenvalue weighted by molar-refractivity contribution is 6.34. The number of halogens is 2. The van der Waals surface area contributed by atoms with Crippen molar-refractivity contribution in [1.29, 1.82) is 0 Å². The number of aliphatic carboxylic acids is 1. The van der Waals surface area contributed by atoms with Crippen molar-refractivity contribution in [3.8, 4) is 0 Å². The van der Waals surface area contributed by atoms with E-state index >= 15 is 0 Å². The minimum atomic E-state index is -0.977. The lowest BCUT2D eigenvalue weighted by Gasteiger charge is -2.13. The maximum Gasteiger partial charge on any atom is 0.333 e. The van der Waals surface area contributed by atoms with E-state index in [-0.39, 0.29) is 6.42 Å². The SMILES string of the molecule is CCCO[C@@H](Cc1cc(Cl)cc(Cl)c1)C(=O)O. The van der Waals surface area contributed by atoms with Gasteiger partial charge in [-0.15, -0.1) is 0 Å². The van der Waals surface area contributed by atoms with Crippen LogP contribution >= 0.6 is 23.2 Å². The van der Waals surface area contributed by atoms with Crippen molar-refractivity contribution in [2.24, 2.45) is 0 Å². The van der Waals surface area contributed by atoms with E-state index in [1.807, 2.05) is 6.92 Å². The van der Waals surface area contributed by atoms with Gasteiger partial charge < -0.3 is 9.84 Å². The van der Waals surface area contributed by atoms with Crippen LogP contribution in [0.1, 0.15) is 18.9 Å². The van der Waals surface area contributed by atoms with Crippen molar-refractivity contribution in [2.45, 2.75) is 25.9 Å². The van der Waals surface area contributed by atoms with Crippen LogP contribution < -0.4 is 0 Å². The van der Waals surface area contributed by atoms with E-state index in [4.69, 9.17) is 33.0 Å². The minimum Gasteiger partial charge on any atom is -0.479 e. The molecule has 0 spiro atoms. The smallest absolute Gasteiger partial charge is 0.333 e. The van der Waals surface area contributed by atoms with E-state index in [1.165, 1.54) is 0 Å². The molecular weight excluding hydrogens is 263 g/mol. The summed E-state index contributed by atoms with van der Waals surface area (Å²) in [5.74, 6) is -0.977. The van der Waals surface area contributed by atoms with E-state index in [2.05, 4.69) is 0 Å². The Labute approximate surface area is 110 Å². The van der Waals surface area contributed by atoms with Crippen LogP contribution in [-0.2, 0) is 16.0 Å². The molecule has 17 heavy (non-hydrogen) atoms. The summed E-state index contributed by atoms with van der Waals surface area (Å²) in [4.78, 5) is 11.0. The first-order chi connectivity index (χ1) is 8.02. The Kier molecular flexibility index (Phi) is 5.75. The molecule has 0 aromatic heterocycles. The second-order valence-corrected chi connectivity index (χ2v) is 4.55. The topological polar surface area (TPSA) is 46.5 Å². The van der Waals surface area contributed by atoms with Crippen LogP contribution in [0.2, 0.25) is 10.0 Å². The molecule has 0 aliphatic rings. The Morgan fingerprint density at radius 3 is 2.41 bits per heavy atom. The van der Waals surface area contributed by atoms with Crippen LogP contribution in [0.4, 0.5) is 0 Å². The fourth-order valence-corrected chi connectivity index (χ4v) is 1.99. The summed E-state index contributed by atoms with van der Waals surface area (Å²) in [5, 5.41) is 9.99. The van der Waals surface area contributed by atoms with E-state index < -0.39 is 12.1 Å². The monoisotopic (exact) mass is 276 g/mol. The number of benzene rings is 1. The molecule has 5 heteroatoms. The minimum absolute atomic E-state index is 0.260. The van der Waals surface area contributed by atoms with Gasteiger partial charge in [0.15, 0.2) is 6.10 Å². The van der Waals surface area contributed by atoms with Gasteiger partial charge >= 0.3 is 5.97 Å². The van der Waals surface area contributed by atoms with Gasteiger partial charge in [-0.25, -0.2) is 4.79 Å². The molecule has 0 aliphatic carbocycles. The zero-order valence-electron chi connectivity index (χ0n) is 9.45. The van der Waals surface area contributed by atoms with Crippen molar-refractivity contribution < 1.29 is 14.6 Å². The zero-order valence-corrected chi connectivity index (χ0v) is 11.0. The average Bonchev–Trinajstić information content (AvgIpc) is 2.22. The first kappa shape index (κ1) is 14.3. The van der Waals surface area contributed by atoms with Gasteiger partial charge in [0.2, 0.25) is 0 Å². The summed E-state index contributed by atoms with van der Waals surface area (Å²) < 4.78 is 5.25. The molecule has 0 fully saturated rings. The molecule has 0 aliphatic heterocycles. The van der Waals surface area contributed by atoms with Crippen molar-refractivity contribution >= 4 is 29.2 Å². The van der Waals surface area contributed by atoms with Crippen molar-refractivity contribution in [2.75, 3.05) is 6.61 Å². The van der Waals surface area contributed by atoms with Crippen molar-refractivity contribution in [1.82, 2.24) is 0 Å². The molecule has 3 nitrogen and oxygen atoms in total. The van der Waals surface area contributed by atoms with Crippen molar-refractivity contribution in [3.63, 3.8) is 0 Å². The van der Waals surface area contributed by atoms with Crippen LogP contribution in [0, 0.1) is 0 Å². The predicted molar refractivity (Wildman–Crippen MR) is 67.8 cm³/mol. The molecule has 0 radical (unpaired) electrons. The fraction of sp³-hybridized carbons (Fsp3) is 0.417. The predicted octanol–water partition coefficient (Wildman–Crippen LogP) is 3.42. The number of carbonyl (C=O) groups is 1. The van der Waals surface area contributed by atoms with Gasteiger partial charge in [0.05, 0.1) is 0 Å². The highest BCUT2D eigenvalue weighted by Crippen LogP contribution is 2.20. The van der Waals surface area contributed by atoms with E-state index in [1.54, 1.807) is 18.2 Å². The summed E-state index contributed by atoms with van der Waals surface area (Å²) in [7, 11) is 0. The van der Waals surface area contributed by atoms with E-state index in [0.717, 1.165) is 12.0 Å². The standard InChI is InChI=1S/C12H14Cl2O3/c1-2-3-17-11(12(15)16)6-8-4-9(13)7-10(14)5-8/h4-5,7,11H,2-3,6H2,1H3,(H,15,16)/t11-/m0/s1. The molecule has 0 amide bonds. The Morgan fingerprint density at radius 2 is 1.94 bits per heavy atom. The second-order valence-electron chi connectivity index (χ2n) is 3.68. The number of hydrogen-bond acceptors (Lipinski definition) is 2. The lowest BCUT2D eigenvalue weighted by atomic mass is 10.1. The zero-order chi connectivity index (χ0) is 12.8. The fourth-order valence-electron chi connectivity index (χ4n) is 1.42. The molecule has 1 rings (SSSR count). The van der Waals surface area contributed by atoms with Crippen molar-refractivity contribution in [3.05, 3.63) is 33.8 Å². The quantitative estimate of drug-likeness (QED) is 0.866. The normalized spacial score (nSPS) is 12.4. The van der Waals surface area contributed by atoms with Gasteiger partial charge in [0.25, 0.3) is 0 Å². The highest BCUT2D eigenvalue weighted by Gasteiger charge is 2.18. The van der Waals surface area contributed by atoms with Crippen LogP contribution in [0.15, 0.2) is 18.2 Å². The van der Waals surface area contributed by atoms with E-state index in [0.29, 0.717) is 16.7 Å². The first-order valence-corrected chi connectivity index (χ1v) is 6.08. The molecule has 1 N–H and O–H groups in total. The van der Waals surface area contributed by atoms with Gasteiger partial charge in [-0.05, 0) is 30.2 Å². The second kappa shape index (κ2) is 6.84. The number of rotatable bonds is 6. The summed E-state index contributed by atoms with van der Waals surface area (Å²) in [6.45, 7) is 2.35. The van der Waals surface area contributed by atoms with Crippen LogP contribution in [-0.4, -0.2) is 23.8 Å². The third-order valence-electron chi connectivity index (χ3n) is 2.14. The lowest BCUT2D eigenvalue weighted by Crippen LogP contribution is -2.26. The number of carboxylic acids is 1. The summed E-state index contributed by atoms with van der Waals surface area (Å²) >= 11 is 11.7. The molecule has 0 saturated carbocycles. The molecular formula is C12H14Cl2O3. The van der Waals surface area contributed by atoms with Crippen LogP contribution in [0.3, 0.4) is 0 Å². The van der Waals surface area contributed by atoms with Gasteiger partial charge in [0.1, 0.15) is 0 Å². The van der Waals surface area contributed by atoms with Crippen LogP contribution in [0.25, 0.3) is 0 Å². The summed E-state index contributed by atoms with van der Waals surface area (Å²) in [6, 6.07) is 4.99. The third-order valence-corrected chi connectivity index (χ3v) is 2.58. The molecule has 0 heterocycles. The Morgan fingerprint density at radius 1 is 1.35 bits per heavy atom. The summed E-state index contributed by atoms with van der Waals surface area (Å²) in [5.41, 5.74) is 0.756. The third kappa shape index (κ3) is 4.94. The number of carboxylic acid groups (broad SMARTS) is 1. The Hall–Kier alpha value is -0.770. The Balaban J connectivity index is 2.74. The van der Waals surface area contributed by atoms with Gasteiger partial charge in [-0.2, -0.15) is 0 Å². The first-order valence-electron chi connectivity index (χ1n) is 5.32. The number of hydrogen-bond donors (Lipinski definition) is 1. The molecule has 0 bridgehead atoms. The summed E-state index contributed by atoms with van der Waals surface area (Å²) in [6.07, 6.45) is 0.180. The molecule has 0 unspecified atom stereocenters. The molecule has 1 aromatic rings. The average molecular weight is 277 g/mol. The molecule has 94 valence electrons. The van der Waals surface area contributed by atoms with Crippen LogP contribution in [0.5, 0.6) is 0 Å². The highest BCUT2D eigenvalue weighted by atomic mass is 35.5. The maximum atomic E-state index is 11.0. The Bertz CT molecular complexity index is 373. The lowest BCUT2D eigenvalue weighted by molar-refractivity contribution is -0.150. The van der Waals surface area contributed by atoms with Gasteiger partial charge in [0, 0.05) is 23.1 Å². The molecule has 1 atom stereocenters.